The lowest BCUT2D eigenvalue weighted by Crippen LogP contribution is -2.11. The van der Waals surface area contributed by atoms with Crippen LogP contribution in [0, 0.1) is 5.92 Å². The molecule has 1 N–H and O–H groups in total. The predicted molar refractivity (Wildman–Crippen MR) is 216 cm³/mol. The second kappa shape index (κ2) is 13.0. The molecule has 0 aliphatic carbocycles. The third-order valence-electron chi connectivity index (χ3n) is 9.49. The fraction of sp³-hybridized carbons (Fsp3) is 0.174. The summed E-state index contributed by atoms with van der Waals surface area (Å²) < 4.78 is 7.63. The molecule has 0 unspecified atom stereocenters. The first-order valence-electron chi connectivity index (χ1n) is 17.5. The van der Waals surface area contributed by atoms with Crippen LogP contribution >= 0.6 is 11.3 Å². The number of phenols is 1. The SMILES string of the molecule is CC(C)Cc1ccc(-c2cc(-c3cccc4c3oc3ccccc34)c3nc(-c4ccccc4N=Cc4cc(C(C)(C)C)ccc4O)sc3c2)cc1. The summed E-state index contributed by atoms with van der Waals surface area (Å²) in [4.78, 5) is 10.2. The molecule has 0 aliphatic rings. The molecule has 0 saturated heterocycles. The van der Waals surface area contributed by atoms with Crippen LogP contribution in [0.2, 0.25) is 0 Å². The third-order valence-corrected chi connectivity index (χ3v) is 10.5. The van der Waals surface area contributed by atoms with Gasteiger partial charge in [0.25, 0.3) is 0 Å². The lowest BCUT2D eigenvalue weighted by molar-refractivity contribution is 0.473. The molecule has 0 aliphatic heterocycles. The van der Waals surface area contributed by atoms with E-state index in [1.807, 2.05) is 42.5 Å². The van der Waals surface area contributed by atoms with Crippen LogP contribution in [0.25, 0.3) is 65.0 Å². The number of hydrogen-bond donors (Lipinski definition) is 1. The molecule has 5 heteroatoms. The standard InChI is InChI=1S/C46H40N2O2S/c1-28(2)23-29-17-19-30(20-18-29)31-25-38(36-14-10-13-35-34-11-7-9-16-41(34)50-44(35)36)43-42(26-31)51-45(48-43)37-12-6-8-15-39(37)47-27-32-24-33(46(3,4)5)21-22-40(32)49/h6-22,24-28,49H,23H2,1-5H3. The minimum Gasteiger partial charge on any atom is -0.507 e. The Morgan fingerprint density at radius 3 is 2.31 bits per heavy atom. The van der Waals surface area contributed by atoms with E-state index < -0.39 is 0 Å². The minimum absolute atomic E-state index is 0.0470. The number of thiazole rings is 1. The highest BCUT2D eigenvalue weighted by Crippen LogP contribution is 2.44. The van der Waals surface area contributed by atoms with Crippen molar-refractivity contribution in [2.45, 2.75) is 46.5 Å². The molecule has 2 heterocycles. The number of nitrogens with zero attached hydrogens (tertiary/aromatic N) is 2. The van der Waals surface area contributed by atoms with Gasteiger partial charge in [-0.05, 0) is 82.5 Å². The van der Waals surface area contributed by atoms with Crippen LogP contribution in [0.5, 0.6) is 5.75 Å². The average Bonchev–Trinajstić information content (AvgIpc) is 3.73. The van der Waals surface area contributed by atoms with Crippen molar-refractivity contribution >= 4 is 55.4 Å². The molecular formula is C46H40N2O2S. The fourth-order valence-electron chi connectivity index (χ4n) is 6.81. The largest absolute Gasteiger partial charge is 0.507 e. The van der Waals surface area contributed by atoms with E-state index in [4.69, 9.17) is 14.4 Å². The molecule has 4 nitrogen and oxygen atoms in total. The van der Waals surface area contributed by atoms with Gasteiger partial charge in [-0.2, -0.15) is 0 Å². The number of aliphatic imine (C=N–C) groups is 1. The normalized spacial score (nSPS) is 12.3. The Morgan fingerprint density at radius 1 is 0.765 bits per heavy atom. The highest BCUT2D eigenvalue weighted by molar-refractivity contribution is 7.21. The molecule has 0 radical (unpaired) electrons. The van der Waals surface area contributed by atoms with Gasteiger partial charge in [-0.1, -0.05) is 113 Å². The first kappa shape index (κ1) is 32.7. The smallest absolute Gasteiger partial charge is 0.143 e. The maximum atomic E-state index is 10.7. The Kier molecular flexibility index (Phi) is 8.32. The molecule has 6 aromatic carbocycles. The summed E-state index contributed by atoms with van der Waals surface area (Å²) in [6, 6.07) is 41.9. The maximum Gasteiger partial charge on any atom is 0.143 e. The van der Waals surface area contributed by atoms with Crippen molar-refractivity contribution in [2.24, 2.45) is 10.9 Å². The van der Waals surface area contributed by atoms with Crippen LogP contribution in [-0.2, 0) is 11.8 Å². The zero-order valence-electron chi connectivity index (χ0n) is 29.6. The van der Waals surface area contributed by atoms with Crippen LogP contribution in [0.3, 0.4) is 0 Å². The monoisotopic (exact) mass is 684 g/mol. The van der Waals surface area contributed by atoms with E-state index in [1.54, 1.807) is 23.6 Å². The molecule has 0 amide bonds. The highest BCUT2D eigenvalue weighted by Gasteiger charge is 2.20. The van der Waals surface area contributed by atoms with E-state index in [0.717, 1.165) is 77.1 Å². The van der Waals surface area contributed by atoms with Crippen molar-refractivity contribution in [1.82, 2.24) is 4.98 Å². The van der Waals surface area contributed by atoms with Crippen LogP contribution in [-0.4, -0.2) is 16.3 Å². The van der Waals surface area contributed by atoms with Crippen molar-refractivity contribution in [3.05, 3.63) is 138 Å². The summed E-state index contributed by atoms with van der Waals surface area (Å²) in [6.45, 7) is 11.0. The molecule has 0 fully saturated rings. The molecule has 252 valence electrons. The maximum absolute atomic E-state index is 10.7. The number of fused-ring (bicyclic) bond motifs is 4. The van der Waals surface area contributed by atoms with Crippen LogP contribution in [0.4, 0.5) is 5.69 Å². The summed E-state index contributed by atoms with van der Waals surface area (Å²) >= 11 is 1.67. The van der Waals surface area contributed by atoms with E-state index in [-0.39, 0.29) is 11.2 Å². The lowest BCUT2D eigenvalue weighted by Gasteiger charge is -2.19. The van der Waals surface area contributed by atoms with Gasteiger partial charge >= 0.3 is 0 Å². The van der Waals surface area contributed by atoms with Gasteiger partial charge in [0.2, 0.25) is 0 Å². The Labute approximate surface area is 302 Å². The summed E-state index contributed by atoms with van der Waals surface area (Å²) in [6.07, 6.45) is 2.81. The predicted octanol–water partition coefficient (Wildman–Crippen LogP) is 13.1. The molecular weight excluding hydrogens is 645 g/mol. The second-order valence-electron chi connectivity index (χ2n) is 14.8. The molecule has 0 atom stereocenters. The second-order valence-corrected chi connectivity index (χ2v) is 15.8. The van der Waals surface area contributed by atoms with E-state index in [9.17, 15) is 5.11 Å². The van der Waals surface area contributed by atoms with Gasteiger partial charge in [-0.3, -0.25) is 4.99 Å². The van der Waals surface area contributed by atoms with Gasteiger partial charge in [0.15, 0.2) is 0 Å². The molecule has 8 aromatic rings. The van der Waals surface area contributed by atoms with Crippen molar-refractivity contribution < 1.29 is 9.52 Å². The van der Waals surface area contributed by atoms with Gasteiger partial charge in [0.05, 0.1) is 15.9 Å². The number of furan rings is 1. The number of phenolic OH excluding ortho intramolecular Hbond substituents is 1. The third kappa shape index (κ3) is 6.34. The number of rotatable bonds is 7. The first-order valence-corrected chi connectivity index (χ1v) is 18.4. The van der Waals surface area contributed by atoms with E-state index in [1.165, 1.54) is 11.1 Å². The highest BCUT2D eigenvalue weighted by atomic mass is 32.1. The quantitative estimate of drug-likeness (QED) is 0.170. The molecule has 0 saturated carbocycles. The van der Waals surface area contributed by atoms with E-state index in [2.05, 4.69) is 107 Å². The van der Waals surface area contributed by atoms with Crippen molar-refractivity contribution in [3.8, 4) is 38.6 Å². The topological polar surface area (TPSA) is 58.6 Å². The van der Waals surface area contributed by atoms with Gasteiger partial charge < -0.3 is 9.52 Å². The van der Waals surface area contributed by atoms with Crippen molar-refractivity contribution in [1.29, 1.82) is 0 Å². The van der Waals surface area contributed by atoms with E-state index in [0.29, 0.717) is 11.5 Å². The molecule has 2 aromatic heterocycles. The molecule has 51 heavy (non-hydrogen) atoms. The van der Waals surface area contributed by atoms with Gasteiger partial charge in [-0.15, -0.1) is 11.3 Å². The Bertz CT molecular complexity index is 2580. The Morgan fingerprint density at radius 2 is 1.51 bits per heavy atom. The van der Waals surface area contributed by atoms with Gasteiger partial charge in [0, 0.05) is 39.2 Å². The average molecular weight is 685 g/mol. The summed E-state index contributed by atoms with van der Waals surface area (Å²) in [5.74, 6) is 0.809. The van der Waals surface area contributed by atoms with Crippen LogP contribution in [0.1, 0.15) is 51.3 Å². The summed E-state index contributed by atoms with van der Waals surface area (Å²) in [5.41, 5.74) is 11.9. The van der Waals surface area contributed by atoms with Gasteiger partial charge in [0.1, 0.15) is 21.9 Å². The number of aromatic nitrogens is 1. The van der Waals surface area contributed by atoms with E-state index >= 15 is 0 Å². The zero-order chi connectivity index (χ0) is 35.3. The van der Waals surface area contributed by atoms with Gasteiger partial charge in [-0.25, -0.2) is 4.98 Å². The summed E-state index contributed by atoms with van der Waals surface area (Å²) in [7, 11) is 0. The fourth-order valence-corrected chi connectivity index (χ4v) is 7.88. The zero-order valence-corrected chi connectivity index (χ0v) is 30.4. The lowest BCUT2D eigenvalue weighted by atomic mass is 9.86. The number of para-hydroxylation sites is 3. The summed E-state index contributed by atoms with van der Waals surface area (Å²) in [5, 5.41) is 13.8. The Balaban J connectivity index is 1.29. The van der Waals surface area contributed by atoms with Crippen molar-refractivity contribution in [2.75, 3.05) is 0 Å². The molecule has 8 rings (SSSR count). The molecule has 0 spiro atoms. The number of aromatic hydroxyl groups is 1. The van der Waals surface area contributed by atoms with Crippen molar-refractivity contribution in [3.63, 3.8) is 0 Å². The first-order chi connectivity index (χ1) is 24.6. The number of hydrogen-bond acceptors (Lipinski definition) is 5. The Hall–Kier alpha value is -5.52. The molecule has 0 bridgehead atoms. The van der Waals surface area contributed by atoms with Crippen LogP contribution < -0.4 is 0 Å². The van der Waals surface area contributed by atoms with Crippen LogP contribution in [0.15, 0.2) is 131 Å². The minimum atomic E-state index is -0.0470. The number of benzene rings is 6.